The maximum atomic E-state index is 12.9. The van der Waals surface area contributed by atoms with Crippen molar-refractivity contribution in [3.05, 3.63) is 111 Å². The van der Waals surface area contributed by atoms with Crippen LogP contribution in [-0.2, 0) is 4.79 Å². The van der Waals surface area contributed by atoms with Crippen molar-refractivity contribution in [2.75, 3.05) is 5.32 Å². The zero-order valence-corrected chi connectivity index (χ0v) is 17.1. The molecule has 7 nitrogen and oxygen atoms in total. The molecule has 3 aromatic carbocycles. The monoisotopic (exact) mass is 415 g/mol. The van der Waals surface area contributed by atoms with Crippen molar-refractivity contribution in [2.45, 2.75) is 13.8 Å². The van der Waals surface area contributed by atoms with Gasteiger partial charge in [-0.1, -0.05) is 35.4 Å². The number of carbonyl (C=O) groups excluding carboxylic acids is 2. The number of nitro groups is 1. The Kier molecular flexibility index (Phi) is 6.57. The van der Waals surface area contributed by atoms with E-state index >= 15 is 0 Å². The van der Waals surface area contributed by atoms with E-state index in [9.17, 15) is 19.7 Å². The maximum absolute atomic E-state index is 12.9. The molecule has 0 heterocycles. The zero-order chi connectivity index (χ0) is 22.4. The van der Waals surface area contributed by atoms with Gasteiger partial charge in [-0.2, -0.15) is 0 Å². The van der Waals surface area contributed by atoms with Crippen LogP contribution < -0.4 is 10.6 Å². The summed E-state index contributed by atoms with van der Waals surface area (Å²) in [6.07, 6.45) is 1.47. The van der Waals surface area contributed by atoms with Gasteiger partial charge < -0.3 is 10.6 Å². The average Bonchev–Trinajstić information content (AvgIpc) is 2.75. The smallest absolute Gasteiger partial charge is 0.272 e. The minimum Gasteiger partial charge on any atom is -0.321 e. The summed E-state index contributed by atoms with van der Waals surface area (Å²) >= 11 is 0. The third-order valence-electron chi connectivity index (χ3n) is 4.53. The van der Waals surface area contributed by atoms with E-state index in [1.165, 1.54) is 30.3 Å². The Morgan fingerprint density at radius 2 is 1.39 bits per heavy atom. The molecule has 0 atom stereocenters. The number of hydrogen-bond acceptors (Lipinski definition) is 4. The first-order chi connectivity index (χ1) is 14.8. The van der Waals surface area contributed by atoms with Crippen molar-refractivity contribution in [2.24, 2.45) is 0 Å². The number of nitrogens with zero attached hydrogens (tertiary/aromatic N) is 1. The maximum Gasteiger partial charge on any atom is 0.272 e. The molecule has 0 radical (unpaired) electrons. The van der Waals surface area contributed by atoms with Gasteiger partial charge in [0.25, 0.3) is 17.5 Å². The summed E-state index contributed by atoms with van der Waals surface area (Å²) < 4.78 is 0. The molecule has 156 valence electrons. The van der Waals surface area contributed by atoms with E-state index in [1.54, 1.807) is 36.4 Å². The van der Waals surface area contributed by atoms with E-state index in [0.29, 0.717) is 16.8 Å². The number of anilines is 1. The van der Waals surface area contributed by atoms with E-state index < -0.39 is 16.7 Å². The number of nitrogens with one attached hydrogen (secondary N) is 2. The summed E-state index contributed by atoms with van der Waals surface area (Å²) in [5, 5.41) is 16.3. The highest BCUT2D eigenvalue weighted by atomic mass is 16.6. The van der Waals surface area contributed by atoms with Crippen LogP contribution in [0.2, 0.25) is 0 Å². The van der Waals surface area contributed by atoms with Gasteiger partial charge in [0.05, 0.1) is 4.92 Å². The van der Waals surface area contributed by atoms with E-state index in [0.717, 1.165) is 11.1 Å². The number of amides is 2. The second-order valence-corrected chi connectivity index (χ2v) is 7.05. The number of carbonyl (C=O) groups is 2. The molecule has 3 aromatic rings. The van der Waals surface area contributed by atoms with Crippen LogP contribution >= 0.6 is 0 Å². The van der Waals surface area contributed by atoms with Crippen molar-refractivity contribution in [3.63, 3.8) is 0 Å². The van der Waals surface area contributed by atoms with E-state index in [-0.39, 0.29) is 11.4 Å². The Labute approximate surface area is 179 Å². The molecule has 0 bridgehead atoms. The fourth-order valence-electron chi connectivity index (χ4n) is 2.75. The highest BCUT2D eigenvalue weighted by Gasteiger charge is 2.15. The highest BCUT2D eigenvalue weighted by molar-refractivity contribution is 6.10. The quantitative estimate of drug-likeness (QED) is 0.348. The summed E-state index contributed by atoms with van der Waals surface area (Å²) in [6.45, 7) is 3.85. The highest BCUT2D eigenvalue weighted by Crippen LogP contribution is 2.16. The van der Waals surface area contributed by atoms with Crippen LogP contribution in [0.15, 0.2) is 78.5 Å². The molecule has 2 N–H and O–H groups in total. The molecule has 0 saturated carbocycles. The van der Waals surface area contributed by atoms with Crippen LogP contribution in [-0.4, -0.2) is 16.7 Å². The Morgan fingerprint density at radius 3 is 1.94 bits per heavy atom. The minimum atomic E-state index is -0.511. The molecule has 0 aromatic heterocycles. The van der Waals surface area contributed by atoms with Crippen LogP contribution in [0.3, 0.4) is 0 Å². The predicted molar refractivity (Wildman–Crippen MR) is 120 cm³/mol. The Bertz CT molecular complexity index is 1130. The van der Waals surface area contributed by atoms with Crippen LogP contribution in [0.4, 0.5) is 11.4 Å². The van der Waals surface area contributed by atoms with Crippen LogP contribution in [0, 0.1) is 24.0 Å². The van der Waals surface area contributed by atoms with E-state index in [1.807, 2.05) is 26.0 Å². The molecule has 7 heteroatoms. The van der Waals surface area contributed by atoms with Gasteiger partial charge in [-0.25, -0.2) is 0 Å². The van der Waals surface area contributed by atoms with Crippen molar-refractivity contribution in [1.29, 1.82) is 0 Å². The van der Waals surface area contributed by atoms with Crippen molar-refractivity contribution in [1.82, 2.24) is 5.32 Å². The molecule has 0 fully saturated rings. The standard InChI is InChI=1S/C24H21N3O4/c1-16-3-9-19(10-4-16)23(28)26-22(15-18-7-13-21(14-8-18)27(30)31)24(29)25-20-11-5-17(2)6-12-20/h3-15H,1-2H3,(H,25,29)(H,26,28)/b22-15+. The fraction of sp³-hybridized carbons (Fsp3) is 0.0833. The van der Waals surface area contributed by atoms with Gasteiger partial charge in [-0.15, -0.1) is 0 Å². The van der Waals surface area contributed by atoms with Crippen molar-refractivity contribution < 1.29 is 14.5 Å². The lowest BCUT2D eigenvalue weighted by Gasteiger charge is -2.12. The zero-order valence-electron chi connectivity index (χ0n) is 17.1. The normalized spacial score (nSPS) is 11.0. The summed E-state index contributed by atoms with van der Waals surface area (Å²) in [5.74, 6) is -0.949. The van der Waals surface area contributed by atoms with Gasteiger partial charge in [-0.05, 0) is 61.9 Å². The molecule has 31 heavy (non-hydrogen) atoms. The van der Waals surface area contributed by atoms with Crippen LogP contribution in [0.5, 0.6) is 0 Å². The molecular weight excluding hydrogens is 394 g/mol. The molecule has 0 saturated heterocycles. The van der Waals surface area contributed by atoms with Gasteiger partial charge in [0.15, 0.2) is 0 Å². The number of benzene rings is 3. The van der Waals surface area contributed by atoms with Crippen molar-refractivity contribution >= 4 is 29.3 Å². The van der Waals surface area contributed by atoms with Gasteiger partial charge in [0, 0.05) is 23.4 Å². The molecule has 0 aliphatic rings. The minimum absolute atomic E-state index is 0.0139. The molecule has 0 aliphatic heterocycles. The van der Waals surface area contributed by atoms with Crippen LogP contribution in [0.1, 0.15) is 27.0 Å². The molecule has 2 amide bonds. The first-order valence-corrected chi connectivity index (χ1v) is 9.54. The second-order valence-electron chi connectivity index (χ2n) is 7.05. The van der Waals surface area contributed by atoms with Gasteiger partial charge in [-0.3, -0.25) is 19.7 Å². The number of non-ortho nitro benzene ring substituents is 1. The van der Waals surface area contributed by atoms with Gasteiger partial charge in [0.2, 0.25) is 0 Å². The molecule has 0 aliphatic carbocycles. The SMILES string of the molecule is Cc1ccc(NC(=O)/C(=C\c2ccc([N+](=O)[O-])cc2)NC(=O)c2ccc(C)cc2)cc1. The third kappa shape index (κ3) is 5.86. The topological polar surface area (TPSA) is 101 Å². The predicted octanol–water partition coefficient (Wildman–Crippen LogP) is 4.62. The van der Waals surface area contributed by atoms with E-state index in [2.05, 4.69) is 10.6 Å². The van der Waals surface area contributed by atoms with Crippen molar-refractivity contribution in [3.8, 4) is 0 Å². The summed E-state index contributed by atoms with van der Waals surface area (Å²) in [6, 6.07) is 19.9. The first-order valence-electron chi connectivity index (χ1n) is 9.54. The second kappa shape index (κ2) is 9.49. The number of nitro benzene ring substituents is 1. The van der Waals surface area contributed by atoms with E-state index in [4.69, 9.17) is 0 Å². The fourth-order valence-corrected chi connectivity index (χ4v) is 2.75. The molecule has 0 unspecified atom stereocenters. The number of rotatable bonds is 6. The Morgan fingerprint density at radius 1 is 0.839 bits per heavy atom. The lowest BCUT2D eigenvalue weighted by Crippen LogP contribution is -2.30. The lowest BCUT2D eigenvalue weighted by atomic mass is 10.1. The largest absolute Gasteiger partial charge is 0.321 e. The van der Waals surface area contributed by atoms with Gasteiger partial charge >= 0.3 is 0 Å². The molecule has 0 spiro atoms. The lowest BCUT2D eigenvalue weighted by molar-refractivity contribution is -0.384. The number of aryl methyl sites for hydroxylation is 2. The summed E-state index contributed by atoms with van der Waals surface area (Å²) in [7, 11) is 0. The van der Waals surface area contributed by atoms with Gasteiger partial charge in [0.1, 0.15) is 5.70 Å². The average molecular weight is 415 g/mol. The Hall–Kier alpha value is -4.26. The number of hydrogen-bond donors (Lipinski definition) is 2. The summed E-state index contributed by atoms with van der Waals surface area (Å²) in [4.78, 5) is 35.9. The third-order valence-corrected chi connectivity index (χ3v) is 4.53. The molecule has 3 rings (SSSR count). The molecular formula is C24H21N3O4. The Balaban J connectivity index is 1.88. The summed E-state index contributed by atoms with van der Waals surface area (Å²) in [5.41, 5.74) is 3.52. The first kappa shape index (κ1) is 21.4. The van der Waals surface area contributed by atoms with Crippen LogP contribution in [0.25, 0.3) is 6.08 Å².